The number of ether oxygens (including phenoxy) is 1. The standard InChI is InChI=1S/C34H40N10O2/c1-22(17-42-11-3-12-42)33(45)40-25-4-2-13-43(18-25)34-35-15-26(16-36-34)39-24-7-5-23(6-8-24)30-14-29-31(41-30)37-21-38-32(29)44-27-9-10-28(44)20-46-19-27/h5-8,14-16,21,25,27-28,39H,1-4,9-13,17-20H2,(H,40,45)(H,37,38,41)/t25-,27-,28+/m1/s1. The second-order valence-corrected chi connectivity index (χ2v) is 12.9. The number of anilines is 4. The van der Waals surface area contributed by atoms with Crippen molar-refractivity contribution in [3.8, 4) is 11.3 Å². The van der Waals surface area contributed by atoms with Gasteiger partial charge in [-0.05, 0) is 69.0 Å². The van der Waals surface area contributed by atoms with Crippen LogP contribution in [0.1, 0.15) is 32.1 Å². The molecule has 8 rings (SSSR count). The Labute approximate surface area is 268 Å². The summed E-state index contributed by atoms with van der Waals surface area (Å²) < 4.78 is 5.79. The highest BCUT2D eigenvalue weighted by molar-refractivity contribution is 5.93. The zero-order valence-corrected chi connectivity index (χ0v) is 26.0. The van der Waals surface area contributed by atoms with E-state index in [1.165, 1.54) is 6.42 Å². The molecule has 12 heteroatoms. The van der Waals surface area contributed by atoms with Gasteiger partial charge in [0.1, 0.15) is 17.8 Å². The molecule has 4 saturated heterocycles. The number of hydrogen-bond acceptors (Lipinski definition) is 10. The van der Waals surface area contributed by atoms with Crippen molar-refractivity contribution in [3.63, 3.8) is 0 Å². The van der Waals surface area contributed by atoms with Crippen LogP contribution in [0.5, 0.6) is 0 Å². The molecule has 2 bridgehead atoms. The molecule has 0 aliphatic carbocycles. The molecule has 3 atom stereocenters. The number of H-pyrrole nitrogens is 1. The smallest absolute Gasteiger partial charge is 0.248 e. The predicted octanol–water partition coefficient (Wildman–Crippen LogP) is 3.87. The van der Waals surface area contributed by atoms with Crippen molar-refractivity contribution >= 4 is 40.1 Å². The minimum atomic E-state index is -0.0482. The number of nitrogens with zero attached hydrogens (tertiary/aromatic N) is 7. The van der Waals surface area contributed by atoms with E-state index in [0.717, 1.165) is 98.0 Å². The number of carbonyl (C=O) groups is 1. The van der Waals surface area contributed by atoms with Crippen LogP contribution in [0.15, 0.2) is 61.2 Å². The van der Waals surface area contributed by atoms with Gasteiger partial charge < -0.3 is 30.2 Å². The van der Waals surface area contributed by atoms with E-state index in [0.29, 0.717) is 36.7 Å². The molecule has 1 aromatic carbocycles. The zero-order chi connectivity index (χ0) is 31.0. The number of amides is 1. The number of nitrogens with one attached hydrogen (secondary N) is 3. The van der Waals surface area contributed by atoms with Crippen molar-refractivity contribution in [3.05, 3.63) is 61.2 Å². The van der Waals surface area contributed by atoms with Gasteiger partial charge in [0.05, 0.1) is 48.8 Å². The number of fused-ring (bicyclic) bond motifs is 3. The molecule has 0 saturated carbocycles. The molecule has 4 aliphatic rings. The van der Waals surface area contributed by atoms with Crippen LogP contribution in [0.2, 0.25) is 0 Å². The number of carbonyl (C=O) groups excluding carboxylic acids is 1. The Kier molecular flexibility index (Phi) is 7.75. The van der Waals surface area contributed by atoms with Crippen LogP contribution in [0, 0.1) is 0 Å². The van der Waals surface area contributed by atoms with Crippen LogP contribution >= 0.6 is 0 Å². The number of aromatic nitrogens is 5. The number of hydrogen-bond donors (Lipinski definition) is 3. The first-order chi connectivity index (χ1) is 22.6. The van der Waals surface area contributed by atoms with Crippen molar-refractivity contribution in [1.29, 1.82) is 0 Å². The molecule has 238 valence electrons. The fraction of sp³-hybridized carbons (Fsp3) is 0.441. The molecule has 3 aromatic heterocycles. The Morgan fingerprint density at radius 2 is 1.74 bits per heavy atom. The topological polar surface area (TPSA) is 127 Å². The van der Waals surface area contributed by atoms with Gasteiger partial charge in [0.2, 0.25) is 11.9 Å². The zero-order valence-electron chi connectivity index (χ0n) is 26.0. The second kappa shape index (κ2) is 12.3. The number of piperidine rings is 1. The molecule has 46 heavy (non-hydrogen) atoms. The number of likely N-dealkylation sites (tertiary alicyclic amines) is 1. The molecule has 4 aliphatic heterocycles. The van der Waals surface area contributed by atoms with Gasteiger partial charge in [0.15, 0.2) is 0 Å². The molecular formula is C34H40N10O2. The van der Waals surface area contributed by atoms with E-state index in [1.54, 1.807) is 6.33 Å². The maximum absolute atomic E-state index is 12.7. The second-order valence-electron chi connectivity index (χ2n) is 12.9. The van der Waals surface area contributed by atoms with Crippen LogP contribution in [0.4, 0.5) is 23.1 Å². The summed E-state index contributed by atoms with van der Waals surface area (Å²) in [6, 6.07) is 11.3. The van der Waals surface area contributed by atoms with Crippen LogP contribution in [-0.2, 0) is 9.53 Å². The quantitative estimate of drug-likeness (QED) is 0.237. The minimum absolute atomic E-state index is 0.0482. The lowest BCUT2D eigenvalue weighted by Gasteiger charge is -2.35. The van der Waals surface area contributed by atoms with Gasteiger partial charge in [0, 0.05) is 42.6 Å². The van der Waals surface area contributed by atoms with Crippen LogP contribution in [0.3, 0.4) is 0 Å². The molecule has 7 heterocycles. The minimum Gasteiger partial charge on any atom is -0.377 e. The average Bonchev–Trinajstić information content (AvgIpc) is 3.60. The summed E-state index contributed by atoms with van der Waals surface area (Å²) in [6.07, 6.45) is 10.7. The molecule has 4 aromatic rings. The molecule has 4 fully saturated rings. The number of aromatic amines is 1. The van der Waals surface area contributed by atoms with Crippen LogP contribution in [0.25, 0.3) is 22.3 Å². The van der Waals surface area contributed by atoms with E-state index in [-0.39, 0.29) is 11.9 Å². The summed E-state index contributed by atoms with van der Waals surface area (Å²) >= 11 is 0. The lowest BCUT2D eigenvalue weighted by molar-refractivity contribution is -0.118. The third-order valence-electron chi connectivity index (χ3n) is 9.74. The summed E-state index contributed by atoms with van der Waals surface area (Å²) in [4.78, 5) is 41.5. The molecular weight excluding hydrogens is 580 g/mol. The van der Waals surface area contributed by atoms with Crippen molar-refractivity contribution in [2.75, 3.05) is 61.1 Å². The van der Waals surface area contributed by atoms with Gasteiger partial charge in [-0.25, -0.2) is 19.9 Å². The number of rotatable bonds is 9. The Bertz CT molecular complexity index is 1700. The molecule has 3 N–H and O–H groups in total. The van der Waals surface area contributed by atoms with Crippen LogP contribution in [-0.4, -0.2) is 99.8 Å². The van der Waals surface area contributed by atoms with Crippen molar-refractivity contribution in [2.45, 2.75) is 50.2 Å². The van der Waals surface area contributed by atoms with Gasteiger partial charge in [-0.2, -0.15) is 0 Å². The molecule has 0 radical (unpaired) electrons. The third-order valence-corrected chi connectivity index (χ3v) is 9.74. The van der Waals surface area contributed by atoms with E-state index >= 15 is 0 Å². The maximum atomic E-state index is 12.7. The Morgan fingerprint density at radius 1 is 0.957 bits per heavy atom. The average molecular weight is 621 g/mol. The van der Waals surface area contributed by atoms with Crippen LogP contribution < -0.4 is 20.4 Å². The fourth-order valence-corrected chi connectivity index (χ4v) is 7.16. The van der Waals surface area contributed by atoms with Crippen molar-refractivity contribution < 1.29 is 9.53 Å². The highest BCUT2D eigenvalue weighted by Gasteiger charge is 2.39. The highest BCUT2D eigenvalue weighted by Crippen LogP contribution is 2.37. The molecule has 1 amide bonds. The van der Waals surface area contributed by atoms with Gasteiger partial charge in [-0.1, -0.05) is 18.7 Å². The summed E-state index contributed by atoms with van der Waals surface area (Å²) in [5.74, 6) is 1.62. The van der Waals surface area contributed by atoms with Crippen molar-refractivity contribution in [2.24, 2.45) is 0 Å². The fourth-order valence-electron chi connectivity index (χ4n) is 7.16. The van der Waals surface area contributed by atoms with Gasteiger partial charge in [0.25, 0.3) is 0 Å². The third kappa shape index (κ3) is 5.78. The summed E-state index contributed by atoms with van der Waals surface area (Å²) in [7, 11) is 0. The summed E-state index contributed by atoms with van der Waals surface area (Å²) in [6.45, 7) is 9.83. The normalized spacial score (nSPS) is 22.9. The molecule has 0 spiro atoms. The molecule has 0 unspecified atom stereocenters. The monoisotopic (exact) mass is 620 g/mol. The maximum Gasteiger partial charge on any atom is 0.248 e. The van der Waals surface area contributed by atoms with Crippen molar-refractivity contribution in [1.82, 2.24) is 35.1 Å². The molecule has 12 nitrogen and oxygen atoms in total. The SMILES string of the molecule is C=C(CN1CCC1)C(=O)N[C@@H]1CCCN(c2ncc(Nc3ccc(-c4cc5c(N6[C@@H]7CC[C@H]6COC7)ncnc5[nH]4)cc3)cn2)C1. The van der Waals surface area contributed by atoms with E-state index < -0.39 is 0 Å². The van der Waals surface area contributed by atoms with Gasteiger partial charge in [-0.15, -0.1) is 0 Å². The predicted molar refractivity (Wildman–Crippen MR) is 178 cm³/mol. The first-order valence-electron chi connectivity index (χ1n) is 16.4. The van der Waals surface area contributed by atoms with E-state index in [4.69, 9.17) is 9.72 Å². The number of morpholine rings is 1. The summed E-state index contributed by atoms with van der Waals surface area (Å²) in [5.41, 5.74) is 5.32. The van der Waals surface area contributed by atoms with E-state index in [9.17, 15) is 4.79 Å². The highest BCUT2D eigenvalue weighted by atomic mass is 16.5. The lowest BCUT2D eigenvalue weighted by Crippen LogP contribution is -2.49. The Hall–Kier alpha value is -4.55. The summed E-state index contributed by atoms with van der Waals surface area (Å²) in [5, 5.41) is 7.64. The Morgan fingerprint density at radius 3 is 2.48 bits per heavy atom. The Balaban J connectivity index is 0.893. The van der Waals surface area contributed by atoms with E-state index in [2.05, 4.69) is 82.2 Å². The number of benzene rings is 1. The van der Waals surface area contributed by atoms with E-state index in [1.807, 2.05) is 12.4 Å². The van der Waals surface area contributed by atoms with Gasteiger partial charge >= 0.3 is 0 Å². The lowest BCUT2D eigenvalue weighted by atomic mass is 10.1. The first-order valence-corrected chi connectivity index (χ1v) is 16.4. The van der Waals surface area contributed by atoms with Gasteiger partial charge in [-0.3, -0.25) is 9.69 Å². The first kappa shape index (κ1) is 28.9. The largest absolute Gasteiger partial charge is 0.377 e.